The Hall–Kier alpha value is -2.56. The Morgan fingerprint density at radius 2 is 1.89 bits per heavy atom. The van der Waals surface area contributed by atoms with Crippen LogP contribution in [-0.4, -0.2) is 26.7 Å². The molecular formula is C14H13N3O2. The van der Waals surface area contributed by atoms with Crippen molar-refractivity contribution in [3.05, 3.63) is 36.4 Å². The Bertz CT molecular complexity index is 704. The second-order valence-corrected chi connectivity index (χ2v) is 4.09. The molecule has 2 heterocycles. The van der Waals surface area contributed by atoms with E-state index in [1.165, 1.54) is 0 Å². The first-order valence-electron chi connectivity index (χ1n) is 6.05. The number of phenolic OH excluding ortho intramolecular Hbond substituents is 1. The summed E-state index contributed by atoms with van der Waals surface area (Å²) in [5, 5.41) is 9.28. The lowest BCUT2D eigenvalue weighted by Gasteiger charge is -1.99. The molecule has 0 saturated carbocycles. The molecule has 3 rings (SSSR count). The van der Waals surface area contributed by atoms with Gasteiger partial charge in [0.1, 0.15) is 11.6 Å². The Kier molecular flexibility index (Phi) is 2.79. The number of fused-ring (bicyclic) bond motifs is 1. The summed E-state index contributed by atoms with van der Waals surface area (Å²) in [6, 6.07) is 10.6. The minimum absolute atomic E-state index is 0.233. The first kappa shape index (κ1) is 11.5. The second kappa shape index (κ2) is 4.61. The summed E-state index contributed by atoms with van der Waals surface area (Å²) in [4.78, 5) is 11.9. The third-order valence-corrected chi connectivity index (χ3v) is 2.75. The molecule has 0 bridgehead atoms. The highest BCUT2D eigenvalue weighted by Gasteiger charge is 2.07. The van der Waals surface area contributed by atoms with Gasteiger partial charge in [-0.1, -0.05) is 0 Å². The summed E-state index contributed by atoms with van der Waals surface area (Å²) >= 11 is 0. The van der Waals surface area contributed by atoms with Gasteiger partial charge in [0.05, 0.1) is 12.1 Å². The van der Waals surface area contributed by atoms with Crippen LogP contribution in [0.25, 0.3) is 22.6 Å². The zero-order valence-corrected chi connectivity index (χ0v) is 10.4. The van der Waals surface area contributed by atoms with Crippen LogP contribution in [0.1, 0.15) is 6.92 Å². The molecular weight excluding hydrogens is 242 g/mol. The third-order valence-electron chi connectivity index (χ3n) is 2.75. The third kappa shape index (κ3) is 2.22. The molecule has 5 nitrogen and oxygen atoms in total. The van der Waals surface area contributed by atoms with E-state index >= 15 is 0 Å². The number of aromatic nitrogens is 3. The Morgan fingerprint density at radius 3 is 2.63 bits per heavy atom. The van der Waals surface area contributed by atoms with Gasteiger partial charge < -0.3 is 14.8 Å². The zero-order chi connectivity index (χ0) is 13.2. The standard InChI is InChI=1S/C14H13N3O2/c1-2-19-12-8-7-11-14(16-12)17-13(15-11)9-3-5-10(18)6-4-9/h3-8,18H,2H2,1H3,(H,15,16,17). The summed E-state index contributed by atoms with van der Waals surface area (Å²) in [6.45, 7) is 2.49. The van der Waals surface area contributed by atoms with Gasteiger partial charge in [-0.3, -0.25) is 0 Å². The average molecular weight is 255 g/mol. The fourth-order valence-corrected chi connectivity index (χ4v) is 1.86. The van der Waals surface area contributed by atoms with Gasteiger partial charge >= 0.3 is 0 Å². The van der Waals surface area contributed by atoms with E-state index in [4.69, 9.17) is 4.74 Å². The summed E-state index contributed by atoms with van der Waals surface area (Å²) in [6.07, 6.45) is 0. The number of imidazole rings is 1. The number of H-pyrrole nitrogens is 1. The quantitative estimate of drug-likeness (QED) is 0.754. The van der Waals surface area contributed by atoms with Crippen molar-refractivity contribution in [1.29, 1.82) is 0 Å². The normalized spacial score (nSPS) is 10.8. The van der Waals surface area contributed by atoms with E-state index in [0.29, 0.717) is 18.1 Å². The zero-order valence-electron chi connectivity index (χ0n) is 10.4. The number of ether oxygens (including phenoxy) is 1. The number of pyridine rings is 1. The Labute approximate surface area is 109 Å². The molecule has 2 N–H and O–H groups in total. The highest BCUT2D eigenvalue weighted by Crippen LogP contribution is 2.22. The van der Waals surface area contributed by atoms with Crippen LogP contribution in [0.3, 0.4) is 0 Å². The van der Waals surface area contributed by atoms with Gasteiger partial charge in [0.25, 0.3) is 0 Å². The monoisotopic (exact) mass is 255 g/mol. The van der Waals surface area contributed by atoms with Crippen LogP contribution in [0, 0.1) is 0 Å². The molecule has 0 amide bonds. The van der Waals surface area contributed by atoms with Gasteiger partial charge in [-0.05, 0) is 37.3 Å². The van der Waals surface area contributed by atoms with E-state index in [2.05, 4.69) is 15.0 Å². The predicted octanol–water partition coefficient (Wildman–Crippen LogP) is 2.73. The molecule has 5 heteroatoms. The number of benzene rings is 1. The average Bonchev–Trinajstić information content (AvgIpc) is 2.83. The molecule has 0 fully saturated rings. The molecule has 2 aromatic heterocycles. The Balaban J connectivity index is 2.03. The SMILES string of the molecule is CCOc1ccc2[nH]c(-c3ccc(O)cc3)nc2n1. The Morgan fingerprint density at radius 1 is 1.11 bits per heavy atom. The van der Waals surface area contributed by atoms with Gasteiger partial charge in [-0.2, -0.15) is 4.98 Å². The number of aromatic hydroxyl groups is 1. The number of nitrogens with one attached hydrogen (secondary N) is 1. The molecule has 0 atom stereocenters. The van der Waals surface area contributed by atoms with Gasteiger partial charge in [0.15, 0.2) is 5.65 Å². The minimum Gasteiger partial charge on any atom is -0.508 e. The minimum atomic E-state index is 0.233. The molecule has 0 spiro atoms. The maximum Gasteiger partial charge on any atom is 0.215 e. The van der Waals surface area contributed by atoms with Crippen LogP contribution in [0.15, 0.2) is 36.4 Å². The van der Waals surface area contributed by atoms with Crippen molar-refractivity contribution in [2.45, 2.75) is 6.92 Å². The number of phenols is 1. The highest BCUT2D eigenvalue weighted by molar-refractivity contribution is 5.76. The molecule has 19 heavy (non-hydrogen) atoms. The van der Waals surface area contributed by atoms with Crippen LogP contribution < -0.4 is 4.74 Å². The molecule has 96 valence electrons. The van der Waals surface area contributed by atoms with Crippen molar-refractivity contribution in [3.8, 4) is 23.0 Å². The van der Waals surface area contributed by atoms with Crippen LogP contribution >= 0.6 is 0 Å². The van der Waals surface area contributed by atoms with Crippen molar-refractivity contribution in [2.24, 2.45) is 0 Å². The van der Waals surface area contributed by atoms with Crippen LogP contribution in [-0.2, 0) is 0 Å². The summed E-state index contributed by atoms with van der Waals surface area (Å²) < 4.78 is 5.35. The first-order valence-corrected chi connectivity index (χ1v) is 6.05. The number of hydrogen-bond donors (Lipinski definition) is 2. The van der Waals surface area contributed by atoms with Gasteiger partial charge in [0, 0.05) is 11.6 Å². The van der Waals surface area contributed by atoms with Crippen molar-refractivity contribution in [1.82, 2.24) is 15.0 Å². The van der Waals surface area contributed by atoms with Crippen molar-refractivity contribution >= 4 is 11.2 Å². The van der Waals surface area contributed by atoms with Crippen LogP contribution in [0.4, 0.5) is 0 Å². The first-order chi connectivity index (χ1) is 9.26. The molecule has 0 aliphatic heterocycles. The molecule has 0 unspecified atom stereocenters. The lowest BCUT2D eigenvalue weighted by Crippen LogP contribution is -1.93. The topological polar surface area (TPSA) is 71.0 Å². The van der Waals surface area contributed by atoms with Gasteiger partial charge in [0.2, 0.25) is 5.88 Å². The van der Waals surface area contributed by atoms with Gasteiger partial charge in [-0.25, -0.2) is 4.98 Å². The summed E-state index contributed by atoms with van der Waals surface area (Å²) in [5.74, 6) is 1.52. The van der Waals surface area contributed by atoms with Crippen molar-refractivity contribution in [3.63, 3.8) is 0 Å². The molecule has 0 saturated heterocycles. The number of rotatable bonds is 3. The van der Waals surface area contributed by atoms with Gasteiger partial charge in [-0.15, -0.1) is 0 Å². The van der Waals surface area contributed by atoms with E-state index in [1.807, 2.05) is 19.1 Å². The van der Waals surface area contributed by atoms with E-state index in [1.54, 1.807) is 24.3 Å². The number of hydrogen-bond acceptors (Lipinski definition) is 4. The lowest BCUT2D eigenvalue weighted by molar-refractivity contribution is 0.328. The molecule has 0 aliphatic carbocycles. The highest BCUT2D eigenvalue weighted by atomic mass is 16.5. The number of nitrogens with zero attached hydrogens (tertiary/aromatic N) is 2. The maximum atomic E-state index is 9.28. The van der Waals surface area contributed by atoms with E-state index in [-0.39, 0.29) is 5.75 Å². The molecule has 0 aliphatic rings. The van der Waals surface area contributed by atoms with Crippen molar-refractivity contribution in [2.75, 3.05) is 6.61 Å². The summed E-state index contributed by atoms with van der Waals surface area (Å²) in [7, 11) is 0. The molecule has 3 aromatic rings. The van der Waals surface area contributed by atoms with E-state index in [0.717, 1.165) is 16.9 Å². The predicted molar refractivity (Wildman–Crippen MR) is 72.2 cm³/mol. The smallest absolute Gasteiger partial charge is 0.215 e. The maximum absolute atomic E-state index is 9.28. The fraction of sp³-hybridized carbons (Fsp3) is 0.143. The fourth-order valence-electron chi connectivity index (χ4n) is 1.86. The van der Waals surface area contributed by atoms with Crippen LogP contribution in [0.5, 0.6) is 11.6 Å². The summed E-state index contributed by atoms with van der Waals surface area (Å²) in [5.41, 5.74) is 2.37. The van der Waals surface area contributed by atoms with Crippen LogP contribution in [0.2, 0.25) is 0 Å². The lowest BCUT2D eigenvalue weighted by atomic mass is 10.2. The van der Waals surface area contributed by atoms with Crippen molar-refractivity contribution < 1.29 is 9.84 Å². The van der Waals surface area contributed by atoms with E-state index < -0.39 is 0 Å². The second-order valence-electron chi connectivity index (χ2n) is 4.09. The van der Waals surface area contributed by atoms with E-state index in [9.17, 15) is 5.11 Å². The number of aromatic amines is 1. The largest absolute Gasteiger partial charge is 0.508 e. The molecule has 0 radical (unpaired) electrons. The molecule has 1 aromatic carbocycles.